The van der Waals surface area contributed by atoms with Gasteiger partial charge >= 0.3 is 0 Å². The Bertz CT molecular complexity index is 654. The second-order valence-corrected chi connectivity index (χ2v) is 6.14. The van der Waals surface area contributed by atoms with Gasteiger partial charge in [-0.2, -0.15) is 11.3 Å². The molecule has 0 unspecified atom stereocenters. The zero-order chi connectivity index (χ0) is 17.2. The van der Waals surface area contributed by atoms with E-state index in [-0.39, 0.29) is 10.6 Å². The Hall–Kier alpha value is -2.41. The van der Waals surface area contributed by atoms with Gasteiger partial charge in [-0.1, -0.05) is 12.1 Å². The fraction of sp³-hybridized carbons (Fsp3) is 0.353. The summed E-state index contributed by atoms with van der Waals surface area (Å²) in [5, 5.41) is 21.4. The van der Waals surface area contributed by atoms with Crippen LogP contribution in [0.15, 0.2) is 46.1 Å². The second-order valence-electron chi connectivity index (χ2n) is 5.36. The summed E-state index contributed by atoms with van der Waals surface area (Å²) in [4.78, 5) is 14.4. The molecule has 0 aliphatic carbocycles. The average Bonchev–Trinajstić information content (AvgIpc) is 3.11. The van der Waals surface area contributed by atoms with E-state index in [0.717, 1.165) is 43.9 Å². The van der Waals surface area contributed by atoms with Gasteiger partial charge in [0.1, 0.15) is 0 Å². The molecule has 1 aromatic heterocycles. The zero-order valence-electron chi connectivity index (χ0n) is 13.7. The van der Waals surface area contributed by atoms with Crippen molar-refractivity contribution in [1.82, 2.24) is 10.6 Å². The van der Waals surface area contributed by atoms with Crippen LogP contribution >= 0.6 is 11.3 Å². The van der Waals surface area contributed by atoms with Gasteiger partial charge in [0.15, 0.2) is 5.96 Å². The number of nitro benzene ring substituents is 1. The normalized spacial score (nSPS) is 11.3. The van der Waals surface area contributed by atoms with Crippen molar-refractivity contribution in [3.8, 4) is 0 Å². The maximum absolute atomic E-state index is 10.6. The molecule has 24 heavy (non-hydrogen) atoms. The van der Waals surface area contributed by atoms with Crippen molar-refractivity contribution < 1.29 is 4.92 Å². The number of non-ortho nitro benzene ring substituents is 1. The molecule has 1 aromatic carbocycles. The fourth-order valence-corrected chi connectivity index (χ4v) is 2.91. The van der Waals surface area contributed by atoms with Crippen molar-refractivity contribution in [2.45, 2.75) is 25.8 Å². The molecular formula is C17H22N4O2S. The average molecular weight is 346 g/mol. The molecule has 0 aliphatic heterocycles. The minimum absolute atomic E-state index is 0.140. The summed E-state index contributed by atoms with van der Waals surface area (Å²) in [6.45, 7) is 1.61. The van der Waals surface area contributed by atoms with Crippen LogP contribution in [0.1, 0.15) is 24.0 Å². The van der Waals surface area contributed by atoms with Crippen molar-refractivity contribution >= 4 is 23.0 Å². The Kier molecular flexibility index (Phi) is 7.22. The first-order chi connectivity index (χ1) is 11.7. The highest BCUT2D eigenvalue weighted by Gasteiger charge is 2.03. The Morgan fingerprint density at radius 3 is 2.58 bits per heavy atom. The number of hydrogen-bond acceptors (Lipinski definition) is 4. The van der Waals surface area contributed by atoms with Gasteiger partial charge in [0, 0.05) is 32.3 Å². The molecule has 0 atom stereocenters. The van der Waals surface area contributed by atoms with Crippen LogP contribution in [-0.4, -0.2) is 24.5 Å². The first-order valence-corrected chi connectivity index (χ1v) is 8.82. The minimum Gasteiger partial charge on any atom is -0.356 e. The summed E-state index contributed by atoms with van der Waals surface area (Å²) < 4.78 is 0. The molecule has 0 fully saturated rings. The molecule has 0 amide bonds. The van der Waals surface area contributed by atoms with Gasteiger partial charge < -0.3 is 10.6 Å². The highest BCUT2D eigenvalue weighted by Crippen LogP contribution is 2.13. The van der Waals surface area contributed by atoms with Crippen LogP contribution in [0.3, 0.4) is 0 Å². The number of unbranched alkanes of at least 4 members (excludes halogenated alkanes) is 1. The molecule has 0 aliphatic rings. The number of nitrogens with one attached hydrogen (secondary N) is 2. The maximum Gasteiger partial charge on any atom is 0.269 e. The van der Waals surface area contributed by atoms with Crippen LogP contribution in [0.4, 0.5) is 5.69 Å². The lowest BCUT2D eigenvalue weighted by Crippen LogP contribution is -2.37. The number of nitrogens with zero attached hydrogens (tertiary/aromatic N) is 2. The standard InChI is InChI=1S/C17H22N4O2S/c1-18-17(20-12-15-9-11-24-13-15)19-10-3-2-4-14-5-7-16(8-6-14)21(22)23/h5-9,11,13H,2-4,10,12H2,1H3,(H2,18,19,20). The highest BCUT2D eigenvalue weighted by atomic mass is 32.1. The number of hydrogen-bond donors (Lipinski definition) is 2. The third-order valence-corrected chi connectivity index (χ3v) is 4.33. The second kappa shape index (κ2) is 9.67. The molecular weight excluding hydrogens is 324 g/mol. The van der Waals surface area contributed by atoms with Crippen molar-refractivity contribution in [2.24, 2.45) is 4.99 Å². The van der Waals surface area contributed by atoms with Crippen LogP contribution in [0.25, 0.3) is 0 Å². The predicted octanol–water partition coefficient (Wildman–Crippen LogP) is 3.34. The highest BCUT2D eigenvalue weighted by molar-refractivity contribution is 7.07. The van der Waals surface area contributed by atoms with Crippen molar-refractivity contribution in [3.05, 3.63) is 62.3 Å². The first-order valence-electron chi connectivity index (χ1n) is 7.88. The molecule has 2 rings (SSSR count). The number of benzene rings is 1. The molecule has 2 N–H and O–H groups in total. The summed E-state index contributed by atoms with van der Waals surface area (Å²) in [6.07, 6.45) is 2.95. The van der Waals surface area contributed by atoms with Crippen molar-refractivity contribution in [2.75, 3.05) is 13.6 Å². The van der Waals surface area contributed by atoms with E-state index in [1.54, 1.807) is 30.5 Å². The van der Waals surface area contributed by atoms with Gasteiger partial charge in [-0.3, -0.25) is 15.1 Å². The maximum atomic E-state index is 10.6. The van der Waals surface area contributed by atoms with Crippen LogP contribution in [-0.2, 0) is 13.0 Å². The van der Waals surface area contributed by atoms with E-state index in [9.17, 15) is 10.1 Å². The van der Waals surface area contributed by atoms with E-state index >= 15 is 0 Å². The van der Waals surface area contributed by atoms with Crippen LogP contribution in [0.5, 0.6) is 0 Å². The lowest BCUT2D eigenvalue weighted by molar-refractivity contribution is -0.384. The molecule has 128 valence electrons. The Balaban J connectivity index is 1.62. The molecule has 0 radical (unpaired) electrons. The van der Waals surface area contributed by atoms with Crippen LogP contribution in [0, 0.1) is 10.1 Å². The SMILES string of the molecule is CN=C(NCCCCc1ccc([N+](=O)[O-])cc1)NCc1ccsc1. The molecule has 0 bridgehead atoms. The number of aryl methyl sites for hydroxylation is 1. The Morgan fingerprint density at radius 2 is 1.96 bits per heavy atom. The summed E-state index contributed by atoms with van der Waals surface area (Å²) in [7, 11) is 1.76. The number of aliphatic imine (C=N–C) groups is 1. The van der Waals surface area contributed by atoms with Crippen LogP contribution in [0.2, 0.25) is 0 Å². The van der Waals surface area contributed by atoms with Crippen molar-refractivity contribution in [3.63, 3.8) is 0 Å². The lowest BCUT2D eigenvalue weighted by Gasteiger charge is -2.11. The number of nitro groups is 1. The zero-order valence-corrected chi connectivity index (χ0v) is 14.5. The summed E-state index contributed by atoms with van der Waals surface area (Å²) in [5.74, 6) is 0.802. The molecule has 0 saturated carbocycles. The van der Waals surface area contributed by atoms with E-state index in [2.05, 4.69) is 32.5 Å². The van der Waals surface area contributed by atoms with Crippen LogP contribution < -0.4 is 10.6 Å². The largest absolute Gasteiger partial charge is 0.356 e. The summed E-state index contributed by atoms with van der Waals surface area (Å²) in [5.41, 5.74) is 2.52. The number of guanidine groups is 1. The number of rotatable bonds is 8. The van der Waals surface area contributed by atoms with E-state index in [1.807, 2.05) is 12.1 Å². The topological polar surface area (TPSA) is 79.6 Å². The van der Waals surface area contributed by atoms with Gasteiger partial charge in [-0.25, -0.2) is 0 Å². The van der Waals surface area contributed by atoms with E-state index in [4.69, 9.17) is 0 Å². The van der Waals surface area contributed by atoms with E-state index in [1.165, 1.54) is 5.56 Å². The molecule has 7 heteroatoms. The Labute approximate surface area is 145 Å². The smallest absolute Gasteiger partial charge is 0.269 e. The van der Waals surface area contributed by atoms with Crippen molar-refractivity contribution in [1.29, 1.82) is 0 Å². The molecule has 0 saturated heterocycles. The summed E-state index contributed by atoms with van der Waals surface area (Å²) in [6, 6.07) is 8.86. The summed E-state index contributed by atoms with van der Waals surface area (Å²) >= 11 is 1.69. The third-order valence-electron chi connectivity index (χ3n) is 3.60. The van der Waals surface area contributed by atoms with Gasteiger partial charge in [0.05, 0.1) is 4.92 Å². The van der Waals surface area contributed by atoms with Gasteiger partial charge in [-0.05, 0) is 47.2 Å². The van der Waals surface area contributed by atoms with Gasteiger partial charge in [0.25, 0.3) is 5.69 Å². The lowest BCUT2D eigenvalue weighted by atomic mass is 10.1. The van der Waals surface area contributed by atoms with E-state index < -0.39 is 0 Å². The Morgan fingerprint density at radius 1 is 1.17 bits per heavy atom. The quantitative estimate of drug-likeness (QED) is 0.253. The monoisotopic (exact) mass is 346 g/mol. The van der Waals surface area contributed by atoms with Gasteiger partial charge in [0.2, 0.25) is 0 Å². The third kappa shape index (κ3) is 6.00. The minimum atomic E-state index is -0.373. The number of thiophene rings is 1. The predicted molar refractivity (Wildman–Crippen MR) is 98.6 cm³/mol. The molecule has 0 spiro atoms. The first kappa shape index (κ1) is 17.9. The molecule has 1 heterocycles. The van der Waals surface area contributed by atoms with E-state index in [0.29, 0.717) is 0 Å². The molecule has 6 nitrogen and oxygen atoms in total. The fourth-order valence-electron chi connectivity index (χ4n) is 2.24. The molecule has 2 aromatic rings. The van der Waals surface area contributed by atoms with Gasteiger partial charge in [-0.15, -0.1) is 0 Å².